The minimum Gasteiger partial charge on any atom is -0.462 e. The van der Waals surface area contributed by atoms with Crippen molar-refractivity contribution in [1.82, 2.24) is 0 Å². The van der Waals surface area contributed by atoms with Crippen molar-refractivity contribution in [2.24, 2.45) is 0 Å². The van der Waals surface area contributed by atoms with E-state index in [4.69, 9.17) is 14.2 Å². The first kappa shape index (κ1) is 59.9. The zero-order valence-electron chi connectivity index (χ0n) is 41.7. The molecule has 0 heterocycles. The fourth-order valence-corrected chi connectivity index (χ4v) is 8.02. The highest BCUT2D eigenvalue weighted by Crippen LogP contribution is 2.16. The van der Waals surface area contributed by atoms with Gasteiger partial charge in [-0.2, -0.15) is 0 Å². The Morgan fingerprint density at radius 3 is 0.823 bits per heavy atom. The third-order valence-corrected chi connectivity index (χ3v) is 12.2. The molecule has 0 saturated heterocycles. The van der Waals surface area contributed by atoms with E-state index < -0.39 is 6.10 Å². The van der Waals surface area contributed by atoms with E-state index in [2.05, 4.69) is 45.1 Å². The standard InChI is InChI=1S/C56H104O6/c1-4-7-10-13-16-19-22-25-27-28-29-32-34-37-40-43-46-49-55(58)61-52-53(51-60-54(57)48-45-42-39-36-33-30-24-21-18-15-12-9-6-3)62-56(59)50-47-44-41-38-35-31-26-23-20-17-14-11-8-5-2/h25,27,30,33,53H,4-24,26,28-29,31-32,34-52H2,1-3H3/b27-25-,33-30-. The first-order chi connectivity index (χ1) is 30.5. The zero-order valence-corrected chi connectivity index (χ0v) is 41.7. The lowest BCUT2D eigenvalue weighted by Crippen LogP contribution is -2.30. The second-order valence-electron chi connectivity index (χ2n) is 18.5. The second-order valence-corrected chi connectivity index (χ2v) is 18.5. The minimum atomic E-state index is -0.774. The third-order valence-electron chi connectivity index (χ3n) is 12.2. The molecule has 0 aromatic rings. The molecule has 0 aromatic carbocycles. The quantitative estimate of drug-likeness (QED) is 0.0262. The molecule has 364 valence electrons. The maximum absolute atomic E-state index is 12.8. The molecule has 0 aliphatic heterocycles. The largest absolute Gasteiger partial charge is 0.462 e. The number of carbonyl (C=O) groups excluding carboxylic acids is 3. The Bertz CT molecular complexity index is 1000. The van der Waals surface area contributed by atoms with Crippen LogP contribution in [0.2, 0.25) is 0 Å². The van der Waals surface area contributed by atoms with Crippen molar-refractivity contribution < 1.29 is 28.6 Å². The first-order valence-corrected chi connectivity index (χ1v) is 27.3. The van der Waals surface area contributed by atoms with Crippen molar-refractivity contribution in [3.8, 4) is 0 Å². The Morgan fingerprint density at radius 1 is 0.306 bits per heavy atom. The molecule has 0 saturated carbocycles. The van der Waals surface area contributed by atoms with Gasteiger partial charge in [-0.15, -0.1) is 0 Å². The van der Waals surface area contributed by atoms with Gasteiger partial charge in [-0.1, -0.05) is 231 Å². The fourth-order valence-electron chi connectivity index (χ4n) is 8.02. The van der Waals surface area contributed by atoms with Crippen LogP contribution in [-0.2, 0) is 28.6 Å². The molecule has 0 rings (SSSR count). The lowest BCUT2D eigenvalue weighted by Gasteiger charge is -2.18. The van der Waals surface area contributed by atoms with Gasteiger partial charge in [0.1, 0.15) is 13.2 Å². The number of unbranched alkanes of at least 4 members (excludes halogenated alkanes) is 35. The minimum absolute atomic E-state index is 0.0743. The van der Waals surface area contributed by atoms with Crippen LogP contribution in [0.15, 0.2) is 24.3 Å². The van der Waals surface area contributed by atoms with Crippen LogP contribution >= 0.6 is 0 Å². The lowest BCUT2D eigenvalue weighted by molar-refractivity contribution is -0.167. The van der Waals surface area contributed by atoms with Gasteiger partial charge in [0.15, 0.2) is 6.10 Å². The number of ether oxygens (including phenoxy) is 3. The summed E-state index contributed by atoms with van der Waals surface area (Å²) >= 11 is 0. The Balaban J connectivity index is 4.35. The molecule has 0 aromatic heterocycles. The maximum atomic E-state index is 12.8. The molecule has 0 amide bonds. The summed E-state index contributed by atoms with van der Waals surface area (Å²) in [5.74, 6) is -0.879. The summed E-state index contributed by atoms with van der Waals surface area (Å²) in [6.45, 7) is 6.64. The highest BCUT2D eigenvalue weighted by Gasteiger charge is 2.19. The average molecular weight is 873 g/mol. The number of hydrogen-bond donors (Lipinski definition) is 0. The number of allylic oxidation sites excluding steroid dienone is 4. The van der Waals surface area contributed by atoms with Crippen molar-refractivity contribution in [1.29, 1.82) is 0 Å². The Kier molecular flexibility index (Phi) is 49.8. The zero-order chi connectivity index (χ0) is 45.1. The monoisotopic (exact) mass is 873 g/mol. The van der Waals surface area contributed by atoms with Gasteiger partial charge in [0.2, 0.25) is 0 Å². The van der Waals surface area contributed by atoms with Crippen LogP contribution in [0.1, 0.15) is 297 Å². The second kappa shape index (κ2) is 51.5. The maximum Gasteiger partial charge on any atom is 0.306 e. The van der Waals surface area contributed by atoms with Crippen molar-refractivity contribution in [3.05, 3.63) is 24.3 Å². The average Bonchev–Trinajstić information content (AvgIpc) is 3.27. The molecular weight excluding hydrogens is 769 g/mol. The Hall–Kier alpha value is -2.11. The summed E-state index contributed by atoms with van der Waals surface area (Å²) in [5, 5.41) is 0. The van der Waals surface area contributed by atoms with Crippen LogP contribution < -0.4 is 0 Å². The molecule has 6 heteroatoms. The van der Waals surface area contributed by atoms with Gasteiger partial charge in [-0.25, -0.2) is 0 Å². The normalized spacial score (nSPS) is 12.1. The molecule has 0 radical (unpaired) electrons. The van der Waals surface area contributed by atoms with Gasteiger partial charge in [-0.3, -0.25) is 14.4 Å². The number of hydrogen-bond acceptors (Lipinski definition) is 6. The van der Waals surface area contributed by atoms with Crippen LogP contribution in [0.4, 0.5) is 0 Å². The molecule has 0 N–H and O–H groups in total. The molecule has 0 spiro atoms. The predicted molar refractivity (Wildman–Crippen MR) is 266 cm³/mol. The summed E-state index contributed by atoms with van der Waals surface area (Å²) in [6, 6.07) is 0. The van der Waals surface area contributed by atoms with Gasteiger partial charge in [0, 0.05) is 19.3 Å². The molecular formula is C56H104O6. The summed E-state index contributed by atoms with van der Waals surface area (Å²) in [7, 11) is 0. The topological polar surface area (TPSA) is 78.9 Å². The molecule has 0 fully saturated rings. The highest BCUT2D eigenvalue weighted by atomic mass is 16.6. The molecule has 6 nitrogen and oxygen atoms in total. The van der Waals surface area contributed by atoms with E-state index in [0.29, 0.717) is 19.3 Å². The van der Waals surface area contributed by atoms with Gasteiger partial charge in [-0.05, 0) is 70.6 Å². The molecule has 1 atom stereocenters. The summed E-state index contributed by atoms with van der Waals surface area (Å²) in [4.78, 5) is 38.0. The van der Waals surface area contributed by atoms with E-state index in [0.717, 1.165) is 70.6 Å². The first-order valence-electron chi connectivity index (χ1n) is 27.3. The fraction of sp³-hybridized carbons (Fsp3) is 0.875. The molecule has 0 aliphatic carbocycles. The Morgan fingerprint density at radius 2 is 0.532 bits per heavy atom. The van der Waals surface area contributed by atoms with E-state index in [1.54, 1.807) is 0 Å². The van der Waals surface area contributed by atoms with Crippen molar-refractivity contribution in [3.63, 3.8) is 0 Å². The molecule has 0 bridgehead atoms. The van der Waals surface area contributed by atoms with Gasteiger partial charge >= 0.3 is 17.9 Å². The van der Waals surface area contributed by atoms with Crippen LogP contribution in [0.3, 0.4) is 0 Å². The summed E-state index contributed by atoms with van der Waals surface area (Å²) in [5.41, 5.74) is 0. The lowest BCUT2D eigenvalue weighted by atomic mass is 10.0. The van der Waals surface area contributed by atoms with Crippen LogP contribution in [0.25, 0.3) is 0 Å². The van der Waals surface area contributed by atoms with Crippen LogP contribution in [-0.4, -0.2) is 37.2 Å². The van der Waals surface area contributed by atoms with E-state index in [9.17, 15) is 14.4 Å². The van der Waals surface area contributed by atoms with E-state index >= 15 is 0 Å². The van der Waals surface area contributed by atoms with Gasteiger partial charge < -0.3 is 14.2 Å². The third kappa shape index (κ3) is 48.9. The SMILES string of the molecule is CCCCCCCC/C=C\CCCCCCCCCC(=O)OCC(COC(=O)CCCCC/C=C\CCCCCCCC)OC(=O)CCCCCCCCCCCCCCCC. The van der Waals surface area contributed by atoms with Crippen molar-refractivity contribution >= 4 is 17.9 Å². The van der Waals surface area contributed by atoms with Crippen molar-refractivity contribution in [2.75, 3.05) is 13.2 Å². The predicted octanol–water partition coefficient (Wildman–Crippen LogP) is 17.9. The Labute approximate surface area is 385 Å². The number of esters is 3. The highest BCUT2D eigenvalue weighted by molar-refractivity contribution is 5.71. The number of carbonyl (C=O) groups is 3. The van der Waals surface area contributed by atoms with E-state index in [1.165, 1.54) is 186 Å². The van der Waals surface area contributed by atoms with Gasteiger partial charge in [0.05, 0.1) is 0 Å². The molecule has 0 aliphatic rings. The molecule has 62 heavy (non-hydrogen) atoms. The summed E-state index contributed by atoms with van der Waals surface area (Å²) < 4.78 is 16.8. The molecule has 1 unspecified atom stereocenters. The number of rotatable bonds is 50. The van der Waals surface area contributed by atoms with Crippen LogP contribution in [0.5, 0.6) is 0 Å². The smallest absolute Gasteiger partial charge is 0.306 e. The van der Waals surface area contributed by atoms with Gasteiger partial charge in [0.25, 0.3) is 0 Å². The summed E-state index contributed by atoms with van der Waals surface area (Å²) in [6.07, 6.45) is 58.7. The van der Waals surface area contributed by atoms with Crippen molar-refractivity contribution in [2.45, 2.75) is 303 Å². The van der Waals surface area contributed by atoms with Crippen LogP contribution in [0, 0.1) is 0 Å². The van der Waals surface area contributed by atoms with E-state index in [1.807, 2.05) is 0 Å². The van der Waals surface area contributed by atoms with E-state index in [-0.39, 0.29) is 31.1 Å².